The van der Waals surface area contributed by atoms with Crippen molar-refractivity contribution in [3.05, 3.63) is 69.8 Å². The maximum Gasteiger partial charge on any atom is 0.0644 e. The largest absolute Gasteiger partial charge is 0.311 e. The fourth-order valence-electron chi connectivity index (χ4n) is 4.60. The average molecular weight is 388 g/mol. The molecule has 1 aliphatic heterocycles. The molecule has 0 radical (unpaired) electrons. The number of benzene rings is 1. The molecule has 0 amide bonds. The van der Waals surface area contributed by atoms with Crippen molar-refractivity contribution in [1.29, 1.82) is 0 Å². The molecule has 3 nitrogen and oxygen atoms in total. The van der Waals surface area contributed by atoms with Crippen molar-refractivity contribution < 1.29 is 0 Å². The van der Waals surface area contributed by atoms with Gasteiger partial charge in [0.2, 0.25) is 0 Å². The Morgan fingerprint density at radius 2 is 1.96 bits per heavy atom. The van der Waals surface area contributed by atoms with Crippen LogP contribution < -0.4 is 0 Å². The molecule has 28 heavy (non-hydrogen) atoms. The lowest BCUT2D eigenvalue weighted by molar-refractivity contribution is 0.311. The van der Waals surface area contributed by atoms with E-state index in [1.807, 2.05) is 12.4 Å². The Bertz CT molecular complexity index is 1150. The predicted molar refractivity (Wildman–Crippen MR) is 119 cm³/mol. The number of hydrogen-bond donors (Lipinski definition) is 0. The van der Waals surface area contributed by atoms with Crippen molar-refractivity contribution >= 4 is 22.2 Å². The smallest absolute Gasteiger partial charge is 0.0644 e. The molecule has 0 saturated carbocycles. The van der Waals surface area contributed by atoms with E-state index in [1.165, 1.54) is 50.1 Å². The molecule has 0 spiro atoms. The number of fused-ring (bicyclic) bond motifs is 3. The van der Waals surface area contributed by atoms with Crippen LogP contribution in [0.5, 0.6) is 0 Å². The first-order chi connectivity index (χ1) is 13.7. The zero-order valence-corrected chi connectivity index (χ0v) is 17.5. The topological polar surface area (TPSA) is 21.1 Å². The highest BCUT2D eigenvalue weighted by molar-refractivity contribution is 7.08. The minimum Gasteiger partial charge on any atom is -0.311 e. The molecule has 4 aromatic rings. The molecule has 142 valence electrons. The molecule has 4 heterocycles. The molecular weight excluding hydrogens is 362 g/mol. The highest BCUT2D eigenvalue weighted by Gasteiger charge is 2.26. The van der Waals surface area contributed by atoms with Crippen LogP contribution >= 0.6 is 11.3 Å². The summed E-state index contributed by atoms with van der Waals surface area (Å²) in [5.41, 5.74) is 11.0. The minimum atomic E-state index is 1.03. The Morgan fingerprint density at radius 1 is 1.14 bits per heavy atom. The number of rotatable bonds is 3. The third-order valence-corrected chi connectivity index (χ3v) is 6.64. The van der Waals surface area contributed by atoms with Gasteiger partial charge >= 0.3 is 0 Å². The van der Waals surface area contributed by atoms with Crippen LogP contribution in [0.4, 0.5) is 0 Å². The summed E-state index contributed by atoms with van der Waals surface area (Å²) in [4.78, 5) is 6.65. The van der Waals surface area contributed by atoms with Gasteiger partial charge in [-0.2, -0.15) is 0 Å². The fourth-order valence-corrected chi connectivity index (χ4v) is 5.43. The summed E-state index contributed by atoms with van der Waals surface area (Å²) in [6.45, 7) is 6.63. The number of aryl methyl sites for hydroxylation is 2. The molecule has 1 aliphatic rings. The molecule has 5 rings (SSSR count). The molecule has 0 unspecified atom stereocenters. The summed E-state index contributed by atoms with van der Waals surface area (Å²) in [6, 6.07) is 8.98. The number of thiophene rings is 1. The molecule has 0 N–H and O–H groups in total. The molecule has 0 aliphatic carbocycles. The van der Waals surface area contributed by atoms with Gasteiger partial charge in [-0.25, -0.2) is 0 Å². The highest BCUT2D eigenvalue weighted by Crippen LogP contribution is 2.40. The second-order valence-corrected chi connectivity index (χ2v) is 8.57. The van der Waals surface area contributed by atoms with Crippen LogP contribution in [0.2, 0.25) is 0 Å². The van der Waals surface area contributed by atoms with Crippen molar-refractivity contribution in [2.24, 2.45) is 0 Å². The summed E-state index contributed by atoms with van der Waals surface area (Å²) >= 11 is 1.78. The van der Waals surface area contributed by atoms with E-state index in [0.717, 1.165) is 25.9 Å². The van der Waals surface area contributed by atoms with E-state index in [1.54, 1.807) is 11.3 Å². The summed E-state index contributed by atoms with van der Waals surface area (Å²) in [7, 11) is 2.23. The van der Waals surface area contributed by atoms with Crippen molar-refractivity contribution in [2.45, 2.75) is 33.2 Å². The molecule has 4 heteroatoms. The van der Waals surface area contributed by atoms with Crippen LogP contribution in [0.25, 0.3) is 27.7 Å². The van der Waals surface area contributed by atoms with Gasteiger partial charge in [-0.3, -0.25) is 4.98 Å². The predicted octanol–water partition coefficient (Wildman–Crippen LogP) is 5.61. The van der Waals surface area contributed by atoms with E-state index < -0.39 is 0 Å². The van der Waals surface area contributed by atoms with Crippen LogP contribution in [-0.2, 0) is 19.4 Å². The lowest BCUT2D eigenvalue weighted by Gasteiger charge is -2.24. The third-order valence-electron chi connectivity index (χ3n) is 5.91. The van der Waals surface area contributed by atoms with Crippen molar-refractivity contribution in [1.82, 2.24) is 14.5 Å². The van der Waals surface area contributed by atoms with Crippen LogP contribution in [0.3, 0.4) is 0 Å². The lowest BCUT2D eigenvalue weighted by atomic mass is 10.0. The van der Waals surface area contributed by atoms with E-state index in [-0.39, 0.29) is 0 Å². The number of hydrogen-bond acceptors (Lipinski definition) is 3. The monoisotopic (exact) mass is 387 g/mol. The molecule has 1 aromatic carbocycles. The normalized spacial score (nSPS) is 14.5. The van der Waals surface area contributed by atoms with Crippen molar-refractivity contribution in [3.63, 3.8) is 0 Å². The standard InChI is InChI=1S/C24H25N3S/c1-4-17-11-16(2)12-19-20-13-26(3)10-7-22(20)27(24(17)19)23-15-28-14-21(23)18-5-8-25-9-6-18/h5-6,8-9,11-12,14-15H,4,7,10,13H2,1-3H3. The second kappa shape index (κ2) is 6.87. The van der Waals surface area contributed by atoms with E-state index >= 15 is 0 Å². The summed E-state index contributed by atoms with van der Waals surface area (Å²) in [6.07, 6.45) is 5.91. The van der Waals surface area contributed by atoms with Crippen LogP contribution in [0.15, 0.2) is 47.4 Å². The molecule has 0 bridgehead atoms. The maximum absolute atomic E-state index is 4.20. The van der Waals surface area contributed by atoms with Crippen LogP contribution in [0.1, 0.15) is 29.3 Å². The number of nitrogens with zero attached hydrogens (tertiary/aromatic N) is 3. The summed E-state index contributed by atoms with van der Waals surface area (Å²) in [5.74, 6) is 0. The maximum atomic E-state index is 4.20. The fraction of sp³-hybridized carbons (Fsp3) is 0.292. The number of aromatic nitrogens is 2. The molecule has 0 atom stereocenters. The van der Waals surface area contributed by atoms with Crippen molar-refractivity contribution in [3.8, 4) is 16.8 Å². The van der Waals surface area contributed by atoms with Crippen molar-refractivity contribution in [2.75, 3.05) is 13.6 Å². The average Bonchev–Trinajstić information content (AvgIpc) is 3.30. The van der Waals surface area contributed by atoms with Gasteiger partial charge in [0.1, 0.15) is 0 Å². The number of likely N-dealkylation sites (N-methyl/N-ethyl adjacent to an activating group) is 1. The Balaban J connectivity index is 1.86. The first-order valence-corrected chi connectivity index (χ1v) is 10.9. The third kappa shape index (κ3) is 2.71. The first kappa shape index (κ1) is 17.7. The van der Waals surface area contributed by atoms with Gasteiger partial charge < -0.3 is 9.47 Å². The summed E-state index contributed by atoms with van der Waals surface area (Å²) in [5, 5.41) is 6.02. The summed E-state index contributed by atoms with van der Waals surface area (Å²) < 4.78 is 2.57. The van der Waals surface area contributed by atoms with E-state index in [0.29, 0.717) is 0 Å². The quantitative estimate of drug-likeness (QED) is 0.455. The van der Waals surface area contributed by atoms with E-state index in [9.17, 15) is 0 Å². The van der Waals surface area contributed by atoms with Crippen LogP contribution in [-0.4, -0.2) is 28.0 Å². The second-order valence-electron chi connectivity index (χ2n) is 7.83. The van der Waals surface area contributed by atoms with Gasteiger partial charge in [0, 0.05) is 59.3 Å². The van der Waals surface area contributed by atoms with Gasteiger partial charge in [-0.15, -0.1) is 11.3 Å². The van der Waals surface area contributed by atoms with Gasteiger partial charge in [-0.05, 0) is 55.3 Å². The molecular formula is C24H25N3S. The molecule has 3 aromatic heterocycles. The zero-order valence-electron chi connectivity index (χ0n) is 16.7. The Hall–Kier alpha value is -2.43. The van der Waals surface area contributed by atoms with Gasteiger partial charge in [0.05, 0.1) is 11.2 Å². The van der Waals surface area contributed by atoms with Gasteiger partial charge in [0.25, 0.3) is 0 Å². The molecule has 0 saturated heterocycles. The van der Waals surface area contributed by atoms with Crippen LogP contribution in [0, 0.1) is 6.92 Å². The zero-order chi connectivity index (χ0) is 19.3. The van der Waals surface area contributed by atoms with E-state index in [4.69, 9.17) is 0 Å². The Labute approximate surface area is 170 Å². The van der Waals surface area contributed by atoms with Gasteiger partial charge in [-0.1, -0.05) is 18.6 Å². The van der Waals surface area contributed by atoms with E-state index in [2.05, 4.69) is 70.4 Å². The number of pyridine rings is 1. The van der Waals surface area contributed by atoms with Gasteiger partial charge in [0.15, 0.2) is 0 Å². The minimum absolute atomic E-state index is 1.03. The Morgan fingerprint density at radius 3 is 2.75 bits per heavy atom. The SMILES string of the molecule is CCc1cc(C)cc2c3c(n(-c4cscc4-c4ccncc4)c12)CCN(C)C3. The Kier molecular flexibility index (Phi) is 4.33. The highest BCUT2D eigenvalue weighted by atomic mass is 32.1. The molecule has 0 fully saturated rings. The first-order valence-electron chi connectivity index (χ1n) is 9.98. The lowest BCUT2D eigenvalue weighted by Crippen LogP contribution is -2.27.